The molecular weight excluding hydrogens is 288 g/mol. The van der Waals surface area contributed by atoms with Crippen molar-refractivity contribution in [1.82, 2.24) is 15.0 Å². The smallest absolute Gasteiger partial charge is 0.110 e. The lowest BCUT2D eigenvalue weighted by molar-refractivity contribution is 0.538. The Bertz CT molecular complexity index is 465. The van der Waals surface area contributed by atoms with Gasteiger partial charge in [-0.15, -0.1) is 11.3 Å². The molecule has 0 bridgehead atoms. The van der Waals surface area contributed by atoms with Crippen LogP contribution >= 0.6 is 27.3 Å². The van der Waals surface area contributed by atoms with Crippen LogP contribution in [-0.4, -0.2) is 9.55 Å². The Kier molecular flexibility index (Phi) is 3.75. The van der Waals surface area contributed by atoms with Crippen LogP contribution in [0.4, 0.5) is 0 Å². The molecular formula is C10H13BrN4S. The molecule has 0 aliphatic carbocycles. The average Bonchev–Trinajstić information content (AvgIpc) is 2.85. The van der Waals surface area contributed by atoms with E-state index in [4.69, 9.17) is 5.84 Å². The van der Waals surface area contributed by atoms with Gasteiger partial charge in [0.1, 0.15) is 5.82 Å². The molecule has 0 fully saturated rings. The first-order chi connectivity index (χ1) is 7.70. The zero-order valence-corrected chi connectivity index (χ0v) is 11.3. The highest BCUT2D eigenvalue weighted by Crippen LogP contribution is 2.27. The van der Waals surface area contributed by atoms with Gasteiger partial charge in [0.15, 0.2) is 0 Å². The zero-order valence-electron chi connectivity index (χ0n) is 8.85. The molecule has 0 radical (unpaired) electrons. The summed E-state index contributed by atoms with van der Waals surface area (Å²) in [6.07, 6.45) is 4.52. The van der Waals surface area contributed by atoms with Crippen molar-refractivity contribution >= 4 is 27.3 Å². The first-order valence-corrected chi connectivity index (χ1v) is 6.54. The van der Waals surface area contributed by atoms with Gasteiger partial charge in [-0.1, -0.05) is 0 Å². The lowest BCUT2D eigenvalue weighted by atomic mass is 10.2. The Hall–Kier alpha value is -0.690. The van der Waals surface area contributed by atoms with E-state index in [0.717, 1.165) is 16.7 Å². The number of imidazole rings is 1. The van der Waals surface area contributed by atoms with E-state index in [-0.39, 0.29) is 6.04 Å². The van der Waals surface area contributed by atoms with Crippen molar-refractivity contribution in [1.29, 1.82) is 0 Å². The van der Waals surface area contributed by atoms with Gasteiger partial charge < -0.3 is 4.57 Å². The number of rotatable bonds is 4. The molecule has 2 rings (SSSR count). The summed E-state index contributed by atoms with van der Waals surface area (Å²) in [6, 6.07) is 2.19. The van der Waals surface area contributed by atoms with Gasteiger partial charge in [-0.3, -0.25) is 11.3 Å². The highest BCUT2D eigenvalue weighted by atomic mass is 79.9. The third kappa shape index (κ3) is 2.52. The summed E-state index contributed by atoms with van der Waals surface area (Å²) in [5, 5.41) is 2.05. The van der Waals surface area contributed by atoms with Crippen molar-refractivity contribution in [3.63, 3.8) is 0 Å². The molecule has 0 amide bonds. The molecule has 2 aromatic rings. The number of halogens is 1. The number of thiophene rings is 1. The Morgan fingerprint density at radius 2 is 2.50 bits per heavy atom. The van der Waals surface area contributed by atoms with Crippen LogP contribution in [0.2, 0.25) is 0 Å². The Labute approximate surface area is 107 Å². The van der Waals surface area contributed by atoms with E-state index in [1.54, 1.807) is 17.5 Å². The quantitative estimate of drug-likeness (QED) is 0.671. The SMILES string of the molecule is Cn1ccnc1CC(NN)c1cc(Br)cs1. The molecule has 4 nitrogen and oxygen atoms in total. The lowest BCUT2D eigenvalue weighted by Crippen LogP contribution is -2.29. The number of nitrogens with one attached hydrogen (secondary N) is 1. The molecule has 0 saturated heterocycles. The number of aryl methyl sites for hydroxylation is 1. The molecule has 6 heteroatoms. The zero-order chi connectivity index (χ0) is 11.5. The van der Waals surface area contributed by atoms with Gasteiger partial charge in [-0.05, 0) is 22.0 Å². The summed E-state index contributed by atoms with van der Waals surface area (Å²) in [5.74, 6) is 6.61. The molecule has 86 valence electrons. The van der Waals surface area contributed by atoms with E-state index in [2.05, 4.69) is 37.8 Å². The fraction of sp³-hybridized carbons (Fsp3) is 0.300. The fourth-order valence-electron chi connectivity index (χ4n) is 1.53. The first kappa shape index (κ1) is 11.8. The number of aromatic nitrogens is 2. The number of hydrogen-bond donors (Lipinski definition) is 2. The predicted octanol–water partition coefficient (Wildman–Crippen LogP) is 1.99. The summed E-state index contributed by atoms with van der Waals surface area (Å²) in [7, 11) is 1.99. The van der Waals surface area contributed by atoms with Crippen molar-refractivity contribution in [2.45, 2.75) is 12.5 Å². The molecule has 0 spiro atoms. The van der Waals surface area contributed by atoms with E-state index >= 15 is 0 Å². The maximum absolute atomic E-state index is 5.59. The average molecular weight is 301 g/mol. The van der Waals surface area contributed by atoms with Crippen molar-refractivity contribution in [3.8, 4) is 0 Å². The molecule has 0 aliphatic rings. The van der Waals surface area contributed by atoms with Crippen molar-refractivity contribution < 1.29 is 0 Å². The summed E-state index contributed by atoms with van der Waals surface area (Å²) in [6.45, 7) is 0. The van der Waals surface area contributed by atoms with Gasteiger partial charge in [0.05, 0.1) is 6.04 Å². The highest BCUT2D eigenvalue weighted by molar-refractivity contribution is 9.10. The topological polar surface area (TPSA) is 55.9 Å². The van der Waals surface area contributed by atoms with Crippen LogP contribution < -0.4 is 11.3 Å². The minimum Gasteiger partial charge on any atom is -0.338 e. The number of nitrogens with two attached hydrogens (primary N) is 1. The van der Waals surface area contributed by atoms with Crippen LogP contribution in [0.5, 0.6) is 0 Å². The summed E-state index contributed by atoms with van der Waals surface area (Å²) in [5.41, 5.74) is 2.83. The van der Waals surface area contributed by atoms with Crippen LogP contribution in [0.15, 0.2) is 28.3 Å². The van der Waals surface area contributed by atoms with Gasteiger partial charge in [0, 0.05) is 40.6 Å². The molecule has 16 heavy (non-hydrogen) atoms. The summed E-state index contributed by atoms with van der Waals surface area (Å²) >= 11 is 5.13. The van der Waals surface area contributed by atoms with E-state index in [9.17, 15) is 0 Å². The maximum Gasteiger partial charge on any atom is 0.110 e. The molecule has 2 heterocycles. The third-order valence-corrected chi connectivity index (χ3v) is 4.25. The van der Waals surface area contributed by atoms with E-state index < -0.39 is 0 Å². The van der Waals surface area contributed by atoms with Crippen molar-refractivity contribution in [3.05, 3.63) is 39.0 Å². The van der Waals surface area contributed by atoms with Gasteiger partial charge in [0.25, 0.3) is 0 Å². The highest BCUT2D eigenvalue weighted by Gasteiger charge is 2.14. The van der Waals surface area contributed by atoms with E-state index in [1.165, 1.54) is 4.88 Å². The minimum atomic E-state index is 0.109. The molecule has 0 saturated carbocycles. The minimum absolute atomic E-state index is 0.109. The van der Waals surface area contributed by atoms with Gasteiger partial charge in [-0.2, -0.15) is 0 Å². The Balaban J connectivity index is 2.15. The van der Waals surface area contributed by atoms with Crippen LogP contribution in [0, 0.1) is 0 Å². The molecule has 3 N–H and O–H groups in total. The van der Waals surface area contributed by atoms with E-state index in [1.807, 2.05) is 17.8 Å². The monoisotopic (exact) mass is 300 g/mol. The number of hydrogen-bond acceptors (Lipinski definition) is 4. The molecule has 1 unspecified atom stereocenters. The Morgan fingerprint density at radius 3 is 3.00 bits per heavy atom. The van der Waals surface area contributed by atoms with Crippen LogP contribution in [0.1, 0.15) is 16.7 Å². The van der Waals surface area contributed by atoms with Crippen LogP contribution in [0.25, 0.3) is 0 Å². The molecule has 0 aliphatic heterocycles. The second kappa shape index (κ2) is 5.09. The van der Waals surface area contributed by atoms with Crippen LogP contribution in [0.3, 0.4) is 0 Å². The molecule has 1 atom stereocenters. The van der Waals surface area contributed by atoms with Gasteiger partial charge >= 0.3 is 0 Å². The third-order valence-electron chi connectivity index (χ3n) is 2.44. The normalized spacial score (nSPS) is 12.9. The van der Waals surface area contributed by atoms with Crippen LogP contribution in [-0.2, 0) is 13.5 Å². The fourth-order valence-corrected chi connectivity index (χ4v) is 3.03. The first-order valence-electron chi connectivity index (χ1n) is 4.87. The number of nitrogens with zero attached hydrogens (tertiary/aromatic N) is 2. The second-order valence-electron chi connectivity index (χ2n) is 3.55. The van der Waals surface area contributed by atoms with Gasteiger partial charge in [0.2, 0.25) is 0 Å². The molecule has 2 aromatic heterocycles. The predicted molar refractivity (Wildman–Crippen MR) is 69.0 cm³/mol. The van der Waals surface area contributed by atoms with Crippen molar-refractivity contribution in [2.75, 3.05) is 0 Å². The Morgan fingerprint density at radius 1 is 1.69 bits per heavy atom. The molecule has 0 aromatic carbocycles. The second-order valence-corrected chi connectivity index (χ2v) is 5.40. The number of hydrazine groups is 1. The van der Waals surface area contributed by atoms with E-state index in [0.29, 0.717) is 0 Å². The standard InChI is InChI=1S/C10H13BrN4S/c1-15-3-2-13-10(15)5-8(14-12)9-4-7(11)6-16-9/h2-4,6,8,14H,5,12H2,1H3. The summed E-state index contributed by atoms with van der Waals surface area (Å²) < 4.78 is 3.10. The lowest BCUT2D eigenvalue weighted by Gasteiger charge is -2.13. The summed E-state index contributed by atoms with van der Waals surface area (Å²) in [4.78, 5) is 5.50. The van der Waals surface area contributed by atoms with Crippen molar-refractivity contribution in [2.24, 2.45) is 12.9 Å². The maximum atomic E-state index is 5.59. The largest absolute Gasteiger partial charge is 0.338 e. The van der Waals surface area contributed by atoms with Gasteiger partial charge in [-0.25, -0.2) is 4.98 Å².